The number of hydrogen-bond donors (Lipinski definition) is 0. The molecule has 0 fully saturated rings. The van der Waals surface area contributed by atoms with Crippen molar-refractivity contribution in [3.8, 4) is 0 Å². The monoisotopic (exact) mass is 234 g/mol. The Morgan fingerprint density at radius 1 is 0.833 bits per heavy atom. The summed E-state index contributed by atoms with van der Waals surface area (Å²) >= 11 is 0. The molecule has 2 rings (SSSR count). The molecular formula is C18H18. The summed E-state index contributed by atoms with van der Waals surface area (Å²) in [6.07, 6.45) is 9.48. The molecule has 0 bridgehead atoms. The molecule has 0 heteroatoms. The zero-order chi connectivity index (χ0) is 12.6. The molecule has 90 valence electrons. The predicted molar refractivity (Wildman–Crippen MR) is 79.5 cm³/mol. The van der Waals surface area contributed by atoms with Gasteiger partial charge >= 0.3 is 0 Å². The number of benzene rings is 2. The second kappa shape index (κ2) is 6.61. The molecule has 0 heterocycles. The molecule has 18 heavy (non-hydrogen) atoms. The second-order valence-corrected chi connectivity index (χ2v) is 4.39. The first-order chi connectivity index (χ1) is 8.84. The van der Waals surface area contributed by atoms with Crippen LogP contribution in [0, 0.1) is 6.92 Å². The number of hydrogen-bond acceptors (Lipinski definition) is 0. The highest BCUT2D eigenvalue weighted by Crippen LogP contribution is 2.05. The molecule has 0 nitrogen and oxygen atoms in total. The third-order valence-corrected chi connectivity index (χ3v) is 2.81. The van der Waals surface area contributed by atoms with Gasteiger partial charge in [0.2, 0.25) is 0 Å². The average Bonchev–Trinajstić information content (AvgIpc) is 2.42. The van der Waals surface area contributed by atoms with Gasteiger partial charge in [-0.25, -0.2) is 0 Å². The van der Waals surface area contributed by atoms with Gasteiger partial charge in [0.1, 0.15) is 0 Å². The Morgan fingerprint density at radius 3 is 2.28 bits per heavy atom. The van der Waals surface area contributed by atoms with Crippen LogP contribution in [0.3, 0.4) is 0 Å². The van der Waals surface area contributed by atoms with Crippen molar-refractivity contribution in [3.05, 3.63) is 89.5 Å². The fourth-order valence-electron chi connectivity index (χ4n) is 1.74. The molecule has 0 spiro atoms. The summed E-state index contributed by atoms with van der Waals surface area (Å²) in [4.78, 5) is 0. The van der Waals surface area contributed by atoms with E-state index in [1.807, 2.05) is 6.07 Å². The maximum Gasteiger partial charge on any atom is -0.00943 e. The van der Waals surface area contributed by atoms with Gasteiger partial charge in [-0.3, -0.25) is 0 Å². The van der Waals surface area contributed by atoms with Crippen LogP contribution in [0.5, 0.6) is 0 Å². The second-order valence-electron chi connectivity index (χ2n) is 4.39. The first kappa shape index (κ1) is 12.4. The Bertz CT molecular complexity index is 516. The molecule has 0 unspecified atom stereocenters. The van der Waals surface area contributed by atoms with E-state index in [-0.39, 0.29) is 0 Å². The van der Waals surface area contributed by atoms with E-state index < -0.39 is 0 Å². The SMILES string of the molecule is Cc1ccc(CC=CC=Cc2ccccc2)cc1. The van der Waals surface area contributed by atoms with E-state index in [0.29, 0.717) is 0 Å². The molecule has 0 aliphatic rings. The minimum absolute atomic E-state index is 0.986. The molecular weight excluding hydrogens is 216 g/mol. The van der Waals surface area contributed by atoms with Gasteiger partial charge in [-0.15, -0.1) is 0 Å². The van der Waals surface area contributed by atoms with Crippen LogP contribution in [0.25, 0.3) is 6.08 Å². The summed E-state index contributed by atoms with van der Waals surface area (Å²) in [7, 11) is 0. The summed E-state index contributed by atoms with van der Waals surface area (Å²) in [6, 6.07) is 19.0. The molecule has 2 aromatic carbocycles. The van der Waals surface area contributed by atoms with Crippen LogP contribution >= 0.6 is 0 Å². The Balaban J connectivity index is 1.85. The van der Waals surface area contributed by atoms with E-state index in [1.165, 1.54) is 16.7 Å². The van der Waals surface area contributed by atoms with Crippen LogP contribution < -0.4 is 0 Å². The smallest absolute Gasteiger partial charge is 0.00943 e. The molecule has 0 aromatic heterocycles. The van der Waals surface area contributed by atoms with Crippen molar-refractivity contribution in [2.75, 3.05) is 0 Å². The highest BCUT2D eigenvalue weighted by Gasteiger charge is 1.87. The van der Waals surface area contributed by atoms with Crippen LogP contribution in [0.15, 0.2) is 72.8 Å². The van der Waals surface area contributed by atoms with Gasteiger partial charge in [0.15, 0.2) is 0 Å². The number of allylic oxidation sites excluding steroid dienone is 3. The normalized spacial score (nSPS) is 11.4. The zero-order valence-corrected chi connectivity index (χ0v) is 10.7. The van der Waals surface area contributed by atoms with Crippen LogP contribution in [-0.2, 0) is 6.42 Å². The third-order valence-electron chi connectivity index (χ3n) is 2.81. The molecule has 0 aliphatic heterocycles. The number of rotatable bonds is 4. The first-order valence-electron chi connectivity index (χ1n) is 6.28. The van der Waals surface area contributed by atoms with Gasteiger partial charge in [-0.2, -0.15) is 0 Å². The summed E-state index contributed by atoms with van der Waals surface area (Å²) in [6.45, 7) is 2.11. The van der Waals surface area contributed by atoms with E-state index in [0.717, 1.165) is 6.42 Å². The van der Waals surface area contributed by atoms with Gasteiger partial charge < -0.3 is 0 Å². The molecule has 0 N–H and O–H groups in total. The van der Waals surface area contributed by atoms with Gasteiger partial charge in [0.25, 0.3) is 0 Å². The van der Waals surface area contributed by atoms with Gasteiger partial charge in [-0.05, 0) is 24.5 Å². The molecule has 0 amide bonds. The molecule has 0 saturated carbocycles. The maximum atomic E-state index is 2.18. The van der Waals surface area contributed by atoms with Crippen LogP contribution in [0.2, 0.25) is 0 Å². The lowest BCUT2D eigenvalue weighted by molar-refractivity contribution is 1.26. The van der Waals surface area contributed by atoms with Gasteiger partial charge in [-0.1, -0.05) is 84.5 Å². The van der Waals surface area contributed by atoms with E-state index in [9.17, 15) is 0 Å². The van der Waals surface area contributed by atoms with Crippen molar-refractivity contribution in [2.45, 2.75) is 13.3 Å². The van der Waals surface area contributed by atoms with Crippen LogP contribution in [0.4, 0.5) is 0 Å². The molecule has 2 aromatic rings. The van der Waals surface area contributed by atoms with Crippen molar-refractivity contribution in [2.24, 2.45) is 0 Å². The van der Waals surface area contributed by atoms with E-state index in [1.54, 1.807) is 0 Å². The fourth-order valence-corrected chi connectivity index (χ4v) is 1.74. The highest BCUT2D eigenvalue weighted by atomic mass is 13.9. The van der Waals surface area contributed by atoms with Crippen molar-refractivity contribution >= 4 is 6.08 Å². The van der Waals surface area contributed by atoms with Gasteiger partial charge in [0, 0.05) is 0 Å². The quantitative estimate of drug-likeness (QED) is 0.666. The Labute approximate surface area is 109 Å². The van der Waals surface area contributed by atoms with Crippen LogP contribution in [-0.4, -0.2) is 0 Å². The van der Waals surface area contributed by atoms with Gasteiger partial charge in [0.05, 0.1) is 0 Å². The molecule has 0 radical (unpaired) electrons. The summed E-state index contributed by atoms with van der Waals surface area (Å²) < 4.78 is 0. The fraction of sp³-hybridized carbons (Fsp3) is 0.111. The largest absolute Gasteiger partial charge is 0.0801 e. The lowest BCUT2D eigenvalue weighted by Gasteiger charge is -1.96. The topological polar surface area (TPSA) is 0 Å². The van der Waals surface area contributed by atoms with E-state index >= 15 is 0 Å². The Hall–Kier alpha value is -2.08. The lowest BCUT2D eigenvalue weighted by atomic mass is 10.1. The standard InChI is InChI=1S/C18H18/c1-16-12-14-18(15-13-16)11-7-3-6-10-17-8-4-2-5-9-17/h2-10,12-15H,11H2,1H3. The van der Waals surface area contributed by atoms with E-state index in [2.05, 4.69) is 79.8 Å². The first-order valence-corrected chi connectivity index (χ1v) is 6.28. The molecule has 0 aliphatic carbocycles. The van der Waals surface area contributed by atoms with Crippen molar-refractivity contribution in [1.82, 2.24) is 0 Å². The minimum Gasteiger partial charge on any atom is -0.0801 e. The molecule has 0 saturated heterocycles. The Morgan fingerprint density at radius 2 is 1.56 bits per heavy atom. The highest BCUT2D eigenvalue weighted by molar-refractivity contribution is 5.50. The van der Waals surface area contributed by atoms with Crippen molar-refractivity contribution in [1.29, 1.82) is 0 Å². The predicted octanol–water partition coefficient (Wildman–Crippen LogP) is 4.81. The zero-order valence-electron chi connectivity index (χ0n) is 10.7. The van der Waals surface area contributed by atoms with E-state index in [4.69, 9.17) is 0 Å². The van der Waals surface area contributed by atoms with Crippen molar-refractivity contribution in [3.63, 3.8) is 0 Å². The van der Waals surface area contributed by atoms with Crippen LogP contribution in [0.1, 0.15) is 16.7 Å². The number of aryl methyl sites for hydroxylation is 1. The molecule has 0 atom stereocenters. The maximum absolute atomic E-state index is 2.18. The third kappa shape index (κ3) is 4.06. The summed E-state index contributed by atoms with van der Waals surface area (Å²) in [5, 5.41) is 0. The average molecular weight is 234 g/mol. The summed E-state index contributed by atoms with van der Waals surface area (Å²) in [5.41, 5.74) is 3.90. The lowest BCUT2D eigenvalue weighted by Crippen LogP contribution is -1.80. The Kier molecular flexibility index (Phi) is 4.54. The van der Waals surface area contributed by atoms with Crippen molar-refractivity contribution < 1.29 is 0 Å². The minimum atomic E-state index is 0.986. The summed E-state index contributed by atoms with van der Waals surface area (Å²) in [5.74, 6) is 0.